The van der Waals surface area contributed by atoms with Gasteiger partial charge in [0, 0.05) is 29.6 Å². The summed E-state index contributed by atoms with van der Waals surface area (Å²) in [6.45, 7) is 4.58. The summed E-state index contributed by atoms with van der Waals surface area (Å²) in [5.41, 5.74) is 7.55. The van der Waals surface area contributed by atoms with Gasteiger partial charge >= 0.3 is 0 Å². The molecule has 14 heavy (non-hydrogen) atoms. The molecule has 78 valence electrons. The van der Waals surface area contributed by atoms with Crippen LogP contribution in [0.2, 0.25) is 0 Å². The molecule has 0 atom stereocenters. The lowest BCUT2D eigenvalue weighted by Gasteiger charge is -2.64. The Morgan fingerprint density at radius 2 is 1.79 bits per heavy atom. The minimum absolute atomic E-state index is 0.235. The first kappa shape index (κ1) is 8.08. The summed E-state index contributed by atoms with van der Waals surface area (Å²) < 4.78 is 5.31. The zero-order valence-corrected chi connectivity index (χ0v) is 8.59. The second-order valence-corrected chi connectivity index (χ2v) is 6.29. The third-order valence-corrected chi connectivity index (χ3v) is 4.99. The topological polar surface area (TPSA) is 38.5 Å². The van der Waals surface area contributed by atoms with Gasteiger partial charge in [0.1, 0.15) is 0 Å². The summed E-state index contributed by atoms with van der Waals surface area (Å²) in [7, 11) is 0. The lowest BCUT2D eigenvalue weighted by molar-refractivity contribution is -0.222. The van der Waals surface area contributed by atoms with E-state index < -0.39 is 0 Å². The molecule has 5 fully saturated rings. The van der Waals surface area contributed by atoms with Gasteiger partial charge in [0.25, 0.3) is 0 Å². The van der Waals surface area contributed by atoms with Crippen molar-refractivity contribution >= 4 is 0 Å². The number of nitrogens with zero attached hydrogens (tertiary/aromatic N) is 1. The van der Waals surface area contributed by atoms with E-state index in [0.29, 0.717) is 11.0 Å². The molecule has 2 saturated heterocycles. The number of nitrogens with two attached hydrogens (primary N) is 1. The smallest absolute Gasteiger partial charge is 0.0569 e. The Hall–Kier alpha value is -0.120. The largest absolute Gasteiger partial charge is 0.380 e. The molecule has 0 unspecified atom stereocenters. The molecule has 2 N–H and O–H groups in total. The van der Waals surface area contributed by atoms with E-state index in [-0.39, 0.29) is 5.54 Å². The molecule has 2 bridgehead atoms. The Kier molecular flexibility index (Phi) is 1.18. The molecule has 1 spiro atoms. The average molecular weight is 194 g/mol. The van der Waals surface area contributed by atoms with Crippen LogP contribution in [0.25, 0.3) is 0 Å². The number of rotatable bonds is 1. The van der Waals surface area contributed by atoms with E-state index in [4.69, 9.17) is 10.5 Å². The molecule has 0 aromatic rings. The van der Waals surface area contributed by atoms with Crippen LogP contribution in [0, 0.1) is 5.41 Å². The van der Waals surface area contributed by atoms with Gasteiger partial charge in [0.15, 0.2) is 0 Å². The highest BCUT2D eigenvalue weighted by Gasteiger charge is 2.65. The summed E-state index contributed by atoms with van der Waals surface area (Å²) in [6, 6.07) is 0. The zero-order chi connectivity index (χ0) is 9.44. The summed E-state index contributed by atoms with van der Waals surface area (Å²) in [4.78, 5) is 2.69. The van der Waals surface area contributed by atoms with Gasteiger partial charge in [-0.05, 0) is 25.7 Å². The van der Waals surface area contributed by atoms with Crippen LogP contribution in [0.3, 0.4) is 0 Å². The molecular weight excluding hydrogens is 176 g/mol. The molecule has 5 aliphatic rings. The standard InChI is InChI=1S/C11H18N2O/c12-10-1-2-11(3-10,4-10)13-5-9(6-13)7-14-8-9/h1-8,12H2. The van der Waals surface area contributed by atoms with Crippen molar-refractivity contribution in [2.24, 2.45) is 11.1 Å². The molecule has 5 rings (SSSR count). The van der Waals surface area contributed by atoms with Gasteiger partial charge in [-0.15, -0.1) is 0 Å². The van der Waals surface area contributed by atoms with Crippen molar-refractivity contribution < 1.29 is 4.74 Å². The number of hydrogen-bond donors (Lipinski definition) is 1. The monoisotopic (exact) mass is 194 g/mol. The number of fused-ring (bicyclic) bond motifs is 1. The third-order valence-electron chi connectivity index (χ3n) is 4.99. The summed E-state index contributed by atoms with van der Waals surface area (Å²) in [5.74, 6) is 0. The van der Waals surface area contributed by atoms with Gasteiger partial charge < -0.3 is 10.5 Å². The highest BCUT2D eigenvalue weighted by molar-refractivity contribution is 5.23. The normalized spacial score (nSPS) is 53.8. The van der Waals surface area contributed by atoms with Gasteiger partial charge in [-0.25, -0.2) is 0 Å². The Morgan fingerprint density at radius 1 is 1.07 bits per heavy atom. The Balaban J connectivity index is 1.47. The fourth-order valence-corrected chi connectivity index (χ4v) is 4.15. The summed E-state index contributed by atoms with van der Waals surface area (Å²) >= 11 is 0. The average Bonchev–Trinajstić information content (AvgIpc) is 2.34. The summed E-state index contributed by atoms with van der Waals surface area (Å²) in [5, 5.41) is 0. The van der Waals surface area contributed by atoms with Crippen molar-refractivity contribution in [2.45, 2.75) is 36.8 Å². The number of ether oxygens (including phenoxy) is 1. The third kappa shape index (κ3) is 0.765. The molecule has 0 radical (unpaired) electrons. The summed E-state index contributed by atoms with van der Waals surface area (Å²) in [6.07, 6.45) is 5.13. The van der Waals surface area contributed by atoms with Crippen LogP contribution in [0.5, 0.6) is 0 Å². The lowest BCUT2D eigenvalue weighted by Crippen LogP contribution is -2.74. The first-order valence-corrected chi connectivity index (χ1v) is 5.76. The molecule has 0 aromatic carbocycles. The SMILES string of the molecule is NC12CCC(N3CC4(COC4)C3)(C1)C2. The van der Waals surface area contributed by atoms with Gasteiger partial charge in [0.05, 0.1) is 13.2 Å². The fourth-order valence-electron chi connectivity index (χ4n) is 4.15. The molecule has 0 aromatic heterocycles. The predicted octanol–water partition coefficient (Wildman–Crippen LogP) is 0.342. The first-order valence-electron chi connectivity index (χ1n) is 5.76. The fraction of sp³-hybridized carbons (Fsp3) is 1.00. The second kappa shape index (κ2) is 2.04. The molecule has 3 heteroatoms. The van der Waals surface area contributed by atoms with E-state index >= 15 is 0 Å². The van der Waals surface area contributed by atoms with Gasteiger partial charge in [-0.3, -0.25) is 4.90 Å². The van der Waals surface area contributed by atoms with Crippen LogP contribution in [0.4, 0.5) is 0 Å². The van der Waals surface area contributed by atoms with Gasteiger partial charge in [-0.2, -0.15) is 0 Å². The van der Waals surface area contributed by atoms with Crippen LogP contribution in [0.1, 0.15) is 25.7 Å². The van der Waals surface area contributed by atoms with Crippen molar-refractivity contribution in [1.82, 2.24) is 4.90 Å². The van der Waals surface area contributed by atoms with Crippen LogP contribution in [0.15, 0.2) is 0 Å². The van der Waals surface area contributed by atoms with Crippen LogP contribution < -0.4 is 5.73 Å². The molecular formula is C11H18N2O. The first-order chi connectivity index (χ1) is 6.64. The number of hydrogen-bond acceptors (Lipinski definition) is 3. The van der Waals surface area contributed by atoms with Crippen molar-refractivity contribution in [2.75, 3.05) is 26.3 Å². The Morgan fingerprint density at radius 3 is 2.21 bits per heavy atom. The lowest BCUT2D eigenvalue weighted by atomic mass is 9.66. The maximum atomic E-state index is 6.21. The minimum Gasteiger partial charge on any atom is -0.380 e. The van der Waals surface area contributed by atoms with Crippen LogP contribution in [-0.4, -0.2) is 42.3 Å². The maximum Gasteiger partial charge on any atom is 0.0569 e. The molecule has 2 heterocycles. The molecule has 3 nitrogen and oxygen atoms in total. The Bertz CT molecular complexity index is 284. The molecule has 3 aliphatic carbocycles. The van der Waals surface area contributed by atoms with Crippen molar-refractivity contribution in [3.05, 3.63) is 0 Å². The molecule has 3 saturated carbocycles. The van der Waals surface area contributed by atoms with Crippen molar-refractivity contribution in [3.63, 3.8) is 0 Å². The van der Waals surface area contributed by atoms with E-state index in [1.165, 1.54) is 38.8 Å². The predicted molar refractivity (Wildman–Crippen MR) is 52.9 cm³/mol. The number of likely N-dealkylation sites (tertiary alicyclic amines) is 1. The molecule has 0 amide bonds. The van der Waals surface area contributed by atoms with Crippen molar-refractivity contribution in [3.8, 4) is 0 Å². The minimum atomic E-state index is 0.235. The van der Waals surface area contributed by atoms with Crippen molar-refractivity contribution in [1.29, 1.82) is 0 Å². The zero-order valence-electron chi connectivity index (χ0n) is 8.59. The Labute approximate surface area is 84.6 Å². The maximum absolute atomic E-state index is 6.21. The second-order valence-electron chi connectivity index (χ2n) is 6.29. The highest BCUT2D eigenvalue weighted by Crippen LogP contribution is 2.60. The van der Waals surface area contributed by atoms with Crippen LogP contribution in [-0.2, 0) is 4.74 Å². The quantitative estimate of drug-likeness (QED) is 0.654. The van der Waals surface area contributed by atoms with E-state index in [0.717, 1.165) is 13.2 Å². The van der Waals surface area contributed by atoms with E-state index in [2.05, 4.69) is 4.90 Å². The van der Waals surface area contributed by atoms with Gasteiger partial charge in [0.2, 0.25) is 0 Å². The van der Waals surface area contributed by atoms with E-state index in [1.54, 1.807) is 0 Å². The van der Waals surface area contributed by atoms with Crippen LogP contribution >= 0.6 is 0 Å². The van der Waals surface area contributed by atoms with E-state index in [1.807, 2.05) is 0 Å². The van der Waals surface area contributed by atoms with E-state index in [9.17, 15) is 0 Å². The highest BCUT2D eigenvalue weighted by atomic mass is 16.5. The molecule has 2 aliphatic heterocycles. The van der Waals surface area contributed by atoms with Gasteiger partial charge in [-0.1, -0.05) is 0 Å².